The Kier molecular flexibility index (Phi) is 6.99. The number of nitriles is 1. The number of halogens is 1. The van der Waals surface area contributed by atoms with Crippen LogP contribution in [-0.4, -0.2) is 70.3 Å². The van der Waals surface area contributed by atoms with Gasteiger partial charge in [-0.2, -0.15) is 5.26 Å². The van der Waals surface area contributed by atoms with Crippen molar-refractivity contribution >= 4 is 6.09 Å². The van der Waals surface area contributed by atoms with Crippen LogP contribution in [0.2, 0.25) is 0 Å². The molecular formula is C25H24FN5O3. The topological polar surface area (TPSA) is 103 Å². The maximum atomic E-state index is 13.5. The van der Waals surface area contributed by atoms with Crippen molar-refractivity contribution in [2.24, 2.45) is 0 Å². The first-order chi connectivity index (χ1) is 16.5. The number of nitrogens with zero attached hydrogens (tertiary/aromatic N) is 5. The molecule has 9 heteroatoms. The predicted molar refractivity (Wildman–Crippen MR) is 124 cm³/mol. The second-order valence-corrected chi connectivity index (χ2v) is 7.98. The summed E-state index contributed by atoms with van der Waals surface area (Å²) in [6.45, 7) is 4.89. The van der Waals surface area contributed by atoms with Crippen LogP contribution in [0.3, 0.4) is 0 Å². The molecule has 0 bridgehead atoms. The average molecular weight is 461 g/mol. The minimum absolute atomic E-state index is 0.188. The van der Waals surface area contributed by atoms with Crippen LogP contribution in [0.15, 0.2) is 48.7 Å². The lowest BCUT2D eigenvalue weighted by atomic mass is 9.99. The molecule has 34 heavy (non-hydrogen) atoms. The standard InChI is InChI=1S/C25H24FN5O3/c1-17-3-2-8-28-23(17)22-15-20(18-4-6-19(26)7-5-18)21(16-27)24(29-22)34-14-13-30-9-11-31(12-10-30)25(32)33/h2-8,15H,9-14H2,1H3,(H,32,33). The SMILES string of the molecule is Cc1cccnc1-c1cc(-c2ccc(F)cc2)c(C#N)c(OCCN2CCN(C(=O)O)CC2)n1. The Morgan fingerprint density at radius 1 is 1.21 bits per heavy atom. The molecule has 3 aromatic rings. The number of benzene rings is 1. The number of ether oxygens (including phenoxy) is 1. The number of aromatic nitrogens is 2. The van der Waals surface area contributed by atoms with Gasteiger partial charge < -0.3 is 14.7 Å². The van der Waals surface area contributed by atoms with Crippen LogP contribution in [0.25, 0.3) is 22.5 Å². The lowest BCUT2D eigenvalue weighted by molar-refractivity contribution is 0.0981. The van der Waals surface area contributed by atoms with E-state index in [0.29, 0.717) is 55.2 Å². The zero-order chi connectivity index (χ0) is 24.1. The van der Waals surface area contributed by atoms with E-state index in [9.17, 15) is 14.4 Å². The maximum absolute atomic E-state index is 13.5. The van der Waals surface area contributed by atoms with E-state index in [2.05, 4.69) is 20.9 Å². The zero-order valence-corrected chi connectivity index (χ0v) is 18.7. The quantitative estimate of drug-likeness (QED) is 0.596. The average Bonchev–Trinajstić information content (AvgIpc) is 2.84. The summed E-state index contributed by atoms with van der Waals surface area (Å²) in [6, 6.07) is 13.7. The fraction of sp³-hybridized carbons (Fsp3) is 0.280. The molecule has 1 fully saturated rings. The molecule has 1 saturated heterocycles. The van der Waals surface area contributed by atoms with Gasteiger partial charge in [0.15, 0.2) is 0 Å². The van der Waals surface area contributed by atoms with Gasteiger partial charge in [0, 0.05) is 44.5 Å². The summed E-state index contributed by atoms with van der Waals surface area (Å²) in [5.41, 5.74) is 3.67. The van der Waals surface area contributed by atoms with Gasteiger partial charge in [0.05, 0.1) is 11.4 Å². The summed E-state index contributed by atoms with van der Waals surface area (Å²) in [4.78, 5) is 23.6. The largest absolute Gasteiger partial charge is 0.475 e. The molecule has 0 saturated carbocycles. The van der Waals surface area contributed by atoms with Crippen LogP contribution in [-0.2, 0) is 0 Å². The third-order valence-electron chi connectivity index (χ3n) is 5.79. The molecule has 0 unspecified atom stereocenters. The van der Waals surface area contributed by atoms with Gasteiger partial charge >= 0.3 is 6.09 Å². The molecule has 3 heterocycles. The van der Waals surface area contributed by atoms with Gasteiger partial charge in [-0.1, -0.05) is 18.2 Å². The zero-order valence-electron chi connectivity index (χ0n) is 18.7. The highest BCUT2D eigenvalue weighted by atomic mass is 19.1. The third kappa shape index (κ3) is 5.13. The number of hydrogen-bond donors (Lipinski definition) is 1. The molecule has 1 aromatic carbocycles. The molecule has 0 radical (unpaired) electrons. The second-order valence-electron chi connectivity index (χ2n) is 7.98. The highest BCUT2D eigenvalue weighted by molar-refractivity contribution is 5.77. The van der Waals surface area contributed by atoms with E-state index in [1.54, 1.807) is 24.4 Å². The molecule has 2 aromatic heterocycles. The Bertz CT molecular complexity index is 1220. The summed E-state index contributed by atoms with van der Waals surface area (Å²) in [5.74, 6) is -0.176. The predicted octanol–water partition coefficient (Wildman–Crippen LogP) is 3.80. The van der Waals surface area contributed by atoms with Gasteiger partial charge in [0.1, 0.15) is 24.1 Å². The molecule has 0 spiro atoms. The number of amides is 1. The number of pyridine rings is 2. The van der Waals surface area contributed by atoms with Gasteiger partial charge in [-0.25, -0.2) is 14.2 Å². The van der Waals surface area contributed by atoms with E-state index >= 15 is 0 Å². The van der Waals surface area contributed by atoms with Crippen LogP contribution >= 0.6 is 0 Å². The summed E-state index contributed by atoms with van der Waals surface area (Å²) in [7, 11) is 0. The molecule has 1 amide bonds. The van der Waals surface area contributed by atoms with E-state index < -0.39 is 6.09 Å². The third-order valence-corrected chi connectivity index (χ3v) is 5.79. The van der Waals surface area contributed by atoms with Crippen molar-refractivity contribution in [1.29, 1.82) is 5.26 Å². The van der Waals surface area contributed by atoms with Gasteiger partial charge in [-0.05, 0) is 42.3 Å². The normalized spacial score (nSPS) is 14.0. The number of carboxylic acid groups (broad SMARTS) is 1. The fourth-order valence-corrected chi connectivity index (χ4v) is 3.90. The number of piperazine rings is 1. The van der Waals surface area contributed by atoms with E-state index in [4.69, 9.17) is 9.84 Å². The second kappa shape index (κ2) is 10.3. The van der Waals surface area contributed by atoms with Crippen molar-refractivity contribution < 1.29 is 19.0 Å². The van der Waals surface area contributed by atoms with Crippen molar-refractivity contribution in [3.8, 4) is 34.5 Å². The smallest absolute Gasteiger partial charge is 0.407 e. The minimum Gasteiger partial charge on any atom is -0.475 e. The monoisotopic (exact) mass is 461 g/mol. The lowest BCUT2D eigenvalue weighted by Gasteiger charge is -2.32. The highest BCUT2D eigenvalue weighted by Crippen LogP contribution is 2.33. The Balaban J connectivity index is 1.62. The van der Waals surface area contributed by atoms with Crippen LogP contribution < -0.4 is 4.74 Å². The molecule has 0 aliphatic carbocycles. The minimum atomic E-state index is -0.909. The molecule has 4 rings (SSSR count). The van der Waals surface area contributed by atoms with Crippen molar-refractivity contribution in [2.75, 3.05) is 39.3 Å². The van der Waals surface area contributed by atoms with E-state index in [1.165, 1.54) is 17.0 Å². The molecule has 8 nitrogen and oxygen atoms in total. The molecule has 1 N–H and O–H groups in total. The summed E-state index contributed by atoms with van der Waals surface area (Å²) >= 11 is 0. The lowest BCUT2D eigenvalue weighted by Crippen LogP contribution is -2.49. The van der Waals surface area contributed by atoms with Crippen LogP contribution in [0.4, 0.5) is 9.18 Å². The Morgan fingerprint density at radius 3 is 2.59 bits per heavy atom. The van der Waals surface area contributed by atoms with Gasteiger partial charge in [-0.3, -0.25) is 9.88 Å². The van der Waals surface area contributed by atoms with Crippen molar-refractivity contribution in [2.45, 2.75) is 6.92 Å². The van der Waals surface area contributed by atoms with Gasteiger partial charge in [0.2, 0.25) is 5.88 Å². The Labute approximate surface area is 196 Å². The Hall–Kier alpha value is -4.03. The summed E-state index contributed by atoms with van der Waals surface area (Å²) in [5, 5.41) is 19.0. The molecule has 0 atom stereocenters. The Morgan fingerprint density at radius 2 is 1.94 bits per heavy atom. The summed E-state index contributed by atoms with van der Waals surface area (Å²) < 4.78 is 19.5. The molecule has 174 valence electrons. The van der Waals surface area contributed by atoms with Crippen molar-refractivity contribution in [1.82, 2.24) is 19.8 Å². The molecular weight excluding hydrogens is 437 g/mol. The summed E-state index contributed by atoms with van der Waals surface area (Å²) in [6.07, 6.45) is 0.769. The first-order valence-corrected chi connectivity index (χ1v) is 10.9. The van der Waals surface area contributed by atoms with Gasteiger partial charge in [0.25, 0.3) is 0 Å². The first kappa shape index (κ1) is 23.1. The van der Waals surface area contributed by atoms with Crippen molar-refractivity contribution in [3.63, 3.8) is 0 Å². The van der Waals surface area contributed by atoms with Gasteiger partial charge in [-0.15, -0.1) is 0 Å². The van der Waals surface area contributed by atoms with E-state index in [-0.39, 0.29) is 23.9 Å². The van der Waals surface area contributed by atoms with Crippen LogP contribution in [0, 0.1) is 24.1 Å². The number of aryl methyl sites for hydroxylation is 1. The van der Waals surface area contributed by atoms with E-state index in [0.717, 1.165) is 5.56 Å². The fourth-order valence-electron chi connectivity index (χ4n) is 3.90. The highest BCUT2D eigenvalue weighted by Gasteiger charge is 2.21. The van der Waals surface area contributed by atoms with Crippen LogP contribution in [0.1, 0.15) is 11.1 Å². The number of carbonyl (C=O) groups is 1. The van der Waals surface area contributed by atoms with Crippen molar-refractivity contribution in [3.05, 3.63) is 65.6 Å². The number of hydrogen-bond acceptors (Lipinski definition) is 6. The van der Waals surface area contributed by atoms with E-state index in [1.807, 2.05) is 19.1 Å². The molecule has 1 aliphatic rings. The first-order valence-electron chi connectivity index (χ1n) is 10.9. The molecule has 1 aliphatic heterocycles. The maximum Gasteiger partial charge on any atom is 0.407 e. The van der Waals surface area contributed by atoms with Crippen LogP contribution in [0.5, 0.6) is 5.88 Å². The number of rotatable bonds is 6.